The molecule has 11 heteroatoms. The van der Waals surface area contributed by atoms with Gasteiger partial charge in [-0.1, -0.05) is 0 Å². The minimum absolute atomic E-state index is 0.0122. The van der Waals surface area contributed by atoms with Gasteiger partial charge in [0.25, 0.3) is 0 Å². The van der Waals surface area contributed by atoms with Gasteiger partial charge >= 0.3 is 10.2 Å². The van der Waals surface area contributed by atoms with E-state index in [-0.39, 0.29) is 12.1 Å². The molecule has 0 bridgehead atoms. The average molecular weight is 442 g/mol. The van der Waals surface area contributed by atoms with Gasteiger partial charge in [-0.05, 0) is 25.1 Å². The molecule has 2 N–H and O–H groups in total. The van der Waals surface area contributed by atoms with E-state index in [9.17, 15) is 8.42 Å². The second-order valence-corrected chi connectivity index (χ2v) is 9.72. The molecule has 5 heterocycles. The van der Waals surface area contributed by atoms with E-state index < -0.39 is 10.2 Å². The highest BCUT2D eigenvalue weighted by molar-refractivity contribution is 7.87. The lowest BCUT2D eigenvalue weighted by Crippen LogP contribution is -2.41. The van der Waals surface area contributed by atoms with Crippen LogP contribution in [-0.2, 0) is 14.9 Å². The Morgan fingerprint density at radius 3 is 2.81 bits per heavy atom. The van der Waals surface area contributed by atoms with Crippen LogP contribution >= 0.6 is 0 Å². The first-order valence-corrected chi connectivity index (χ1v) is 11.4. The van der Waals surface area contributed by atoms with Crippen LogP contribution in [0.3, 0.4) is 0 Å². The van der Waals surface area contributed by atoms with Gasteiger partial charge in [0, 0.05) is 61.6 Å². The fourth-order valence-electron chi connectivity index (χ4n) is 3.91. The second-order valence-electron chi connectivity index (χ2n) is 7.70. The lowest BCUT2D eigenvalue weighted by atomic mass is 10.0. The quantitative estimate of drug-likeness (QED) is 0.495. The topological polar surface area (TPSA) is 118 Å². The average Bonchev–Trinajstić information content (AvgIpc) is 3.40. The van der Waals surface area contributed by atoms with Gasteiger partial charge < -0.3 is 15.0 Å². The molecule has 0 aromatic carbocycles. The third-order valence-corrected chi connectivity index (χ3v) is 7.26. The molecule has 0 aliphatic carbocycles. The zero-order valence-electron chi connectivity index (χ0n) is 17.4. The van der Waals surface area contributed by atoms with Gasteiger partial charge in [-0.2, -0.15) is 12.7 Å². The number of hydrogen-bond donors (Lipinski definition) is 2. The molecule has 10 nitrogen and oxygen atoms in total. The van der Waals surface area contributed by atoms with Gasteiger partial charge in [0.2, 0.25) is 0 Å². The Balaban J connectivity index is 1.81. The zero-order valence-corrected chi connectivity index (χ0v) is 18.2. The van der Waals surface area contributed by atoms with Crippen LogP contribution in [0.2, 0.25) is 0 Å². The minimum Gasteiger partial charge on any atom is -0.369 e. The molecule has 31 heavy (non-hydrogen) atoms. The second kappa shape index (κ2) is 7.38. The number of aromatic nitrogens is 5. The molecule has 162 valence electrons. The Morgan fingerprint density at radius 2 is 2.03 bits per heavy atom. The third-order valence-electron chi connectivity index (χ3n) is 5.54. The SMILES string of the molecule is CC1NCCO[C@H]1c1nc(-c2ccnc3[nH]ccc23)nc2c1ccn2S(=O)(=O)N(C)C. The van der Waals surface area contributed by atoms with Crippen molar-refractivity contribution in [3.05, 3.63) is 42.5 Å². The highest BCUT2D eigenvalue weighted by Gasteiger charge is 2.30. The number of nitrogens with zero attached hydrogens (tertiary/aromatic N) is 5. The molecule has 5 rings (SSSR count). The fourth-order valence-corrected chi connectivity index (χ4v) is 4.83. The summed E-state index contributed by atoms with van der Waals surface area (Å²) in [4.78, 5) is 17.0. The van der Waals surface area contributed by atoms with E-state index in [0.717, 1.165) is 21.8 Å². The summed E-state index contributed by atoms with van der Waals surface area (Å²) in [6.45, 7) is 3.33. The van der Waals surface area contributed by atoms with Crippen molar-refractivity contribution in [3.8, 4) is 11.4 Å². The molecule has 0 saturated carbocycles. The highest BCUT2D eigenvalue weighted by Crippen LogP contribution is 2.33. The van der Waals surface area contributed by atoms with Gasteiger partial charge in [0.15, 0.2) is 11.5 Å². The van der Waals surface area contributed by atoms with E-state index in [1.165, 1.54) is 24.3 Å². The summed E-state index contributed by atoms with van der Waals surface area (Å²) in [5, 5.41) is 4.91. The maximum Gasteiger partial charge on any atom is 0.308 e. The number of aromatic amines is 1. The minimum atomic E-state index is -3.77. The predicted octanol–water partition coefficient (Wildman–Crippen LogP) is 1.68. The molecule has 1 unspecified atom stereocenters. The third kappa shape index (κ3) is 3.21. The monoisotopic (exact) mass is 441 g/mol. The Labute approximate surface area is 179 Å². The number of hydrogen-bond acceptors (Lipinski definition) is 7. The number of rotatable bonds is 4. The molecule has 1 aliphatic heterocycles. The summed E-state index contributed by atoms with van der Waals surface area (Å²) in [5.41, 5.74) is 2.45. The summed E-state index contributed by atoms with van der Waals surface area (Å²) >= 11 is 0. The highest BCUT2D eigenvalue weighted by atomic mass is 32.2. The lowest BCUT2D eigenvalue weighted by Gasteiger charge is -2.30. The van der Waals surface area contributed by atoms with Crippen LogP contribution in [0.15, 0.2) is 36.8 Å². The molecule has 0 spiro atoms. The normalized spacial score (nSPS) is 20.1. The van der Waals surface area contributed by atoms with Crippen molar-refractivity contribution in [2.24, 2.45) is 0 Å². The zero-order chi connectivity index (χ0) is 21.8. The van der Waals surface area contributed by atoms with Crippen LogP contribution in [0.4, 0.5) is 0 Å². The van der Waals surface area contributed by atoms with E-state index in [0.29, 0.717) is 34.8 Å². The van der Waals surface area contributed by atoms with Gasteiger partial charge in [0.1, 0.15) is 11.8 Å². The standard InChI is InChI=1S/C20H23N7O3S/c1-12-17(30-11-9-21-12)16-15-6-10-27(31(28,29)26(2)3)20(15)25-19(24-16)14-5-8-23-18-13(14)4-7-22-18/h4-8,10,12,17,21H,9,11H2,1-3H3,(H,22,23)/t12?,17-/m1/s1. The molecule has 1 fully saturated rings. The van der Waals surface area contributed by atoms with Crippen molar-refractivity contribution >= 4 is 32.3 Å². The summed E-state index contributed by atoms with van der Waals surface area (Å²) < 4.78 is 34.3. The first kappa shape index (κ1) is 20.1. The van der Waals surface area contributed by atoms with E-state index in [1.807, 2.05) is 19.1 Å². The number of ether oxygens (including phenoxy) is 1. The van der Waals surface area contributed by atoms with Crippen molar-refractivity contribution in [2.45, 2.75) is 19.1 Å². The number of H-pyrrole nitrogens is 1. The maximum absolute atomic E-state index is 12.9. The number of pyridine rings is 1. The summed E-state index contributed by atoms with van der Waals surface area (Å²) in [6, 6.07) is 5.48. The van der Waals surface area contributed by atoms with Crippen molar-refractivity contribution in [1.82, 2.24) is 33.5 Å². The fraction of sp³-hybridized carbons (Fsp3) is 0.350. The molecule has 1 aliphatic rings. The summed E-state index contributed by atoms with van der Waals surface area (Å²) in [6.07, 6.45) is 4.66. The van der Waals surface area contributed by atoms with Crippen LogP contribution in [0.1, 0.15) is 18.7 Å². The number of morpholine rings is 1. The van der Waals surface area contributed by atoms with Crippen LogP contribution in [0.25, 0.3) is 33.5 Å². The van der Waals surface area contributed by atoms with Crippen molar-refractivity contribution in [3.63, 3.8) is 0 Å². The summed E-state index contributed by atoms with van der Waals surface area (Å²) in [7, 11) is -0.782. The first-order valence-electron chi connectivity index (χ1n) is 9.97. The Morgan fingerprint density at radius 1 is 1.19 bits per heavy atom. The Bertz CT molecular complexity index is 1380. The van der Waals surface area contributed by atoms with Crippen LogP contribution in [-0.4, -0.2) is 69.9 Å². The van der Waals surface area contributed by atoms with Gasteiger partial charge in [-0.15, -0.1) is 0 Å². The van der Waals surface area contributed by atoms with E-state index >= 15 is 0 Å². The molecule has 4 aromatic heterocycles. The van der Waals surface area contributed by atoms with Gasteiger partial charge in [-0.25, -0.2) is 18.9 Å². The Kier molecular flexibility index (Phi) is 4.77. The molecule has 1 saturated heterocycles. The van der Waals surface area contributed by atoms with Crippen LogP contribution in [0, 0.1) is 0 Å². The van der Waals surface area contributed by atoms with Crippen molar-refractivity contribution in [2.75, 3.05) is 27.2 Å². The number of fused-ring (bicyclic) bond motifs is 2. The number of nitrogens with one attached hydrogen (secondary N) is 2. The van der Waals surface area contributed by atoms with Crippen LogP contribution < -0.4 is 5.32 Å². The van der Waals surface area contributed by atoms with Crippen molar-refractivity contribution < 1.29 is 13.2 Å². The van der Waals surface area contributed by atoms with Gasteiger partial charge in [-0.3, -0.25) is 0 Å². The largest absolute Gasteiger partial charge is 0.369 e. The van der Waals surface area contributed by atoms with E-state index in [1.54, 1.807) is 18.5 Å². The molecule has 4 aromatic rings. The predicted molar refractivity (Wildman–Crippen MR) is 117 cm³/mol. The van der Waals surface area contributed by atoms with E-state index in [2.05, 4.69) is 15.3 Å². The smallest absolute Gasteiger partial charge is 0.308 e. The summed E-state index contributed by atoms with van der Waals surface area (Å²) in [5.74, 6) is 0.421. The molecular weight excluding hydrogens is 418 g/mol. The first-order chi connectivity index (χ1) is 14.9. The maximum atomic E-state index is 12.9. The van der Waals surface area contributed by atoms with E-state index in [4.69, 9.17) is 14.7 Å². The molecular formula is C20H23N7O3S. The molecule has 2 atom stereocenters. The Hall–Kier alpha value is -2.86. The molecule has 0 amide bonds. The lowest BCUT2D eigenvalue weighted by molar-refractivity contribution is -0.00182. The van der Waals surface area contributed by atoms with Gasteiger partial charge in [0.05, 0.1) is 12.3 Å². The van der Waals surface area contributed by atoms with Crippen molar-refractivity contribution in [1.29, 1.82) is 0 Å². The molecule has 0 radical (unpaired) electrons. The van der Waals surface area contributed by atoms with Crippen LogP contribution in [0.5, 0.6) is 0 Å².